The van der Waals surface area contributed by atoms with Crippen LogP contribution in [-0.4, -0.2) is 19.3 Å². The average molecular weight is 245 g/mol. The molecule has 86 valence electrons. The highest BCUT2D eigenvalue weighted by Crippen LogP contribution is 2.31. The van der Waals surface area contributed by atoms with E-state index in [0.29, 0.717) is 10.6 Å². The summed E-state index contributed by atoms with van der Waals surface area (Å²) in [6.45, 7) is 3.92. The van der Waals surface area contributed by atoms with Crippen LogP contribution in [-0.2, 0) is 0 Å². The zero-order valence-electron chi connectivity index (χ0n) is 9.48. The van der Waals surface area contributed by atoms with E-state index in [1.165, 1.54) is 11.5 Å². The maximum atomic E-state index is 5.90. The van der Waals surface area contributed by atoms with E-state index >= 15 is 0 Å². The van der Waals surface area contributed by atoms with E-state index in [9.17, 15) is 0 Å². The second kappa shape index (κ2) is 3.53. The number of hydrogen-bond donors (Lipinski definition) is 2. The van der Waals surface area contributed by atoms with Gasteiger partial charge in [-0.3, -0.25) is 0 Å². The first kappa shape index (κ1) is 10.2. The van der Waals surface area contributed by atoms with Crippen molar-refractivity contribution in [3.8, 4) is 11.4 Å². The molecule has 3 aromatic rings. The number of aromatic nitrogens is 4. The summed E-state index contributed by atoms with van der Waals surface area (Å²) >= 11 is 1.29. The predicted molar refractivity (Wildman–Crippen MR) is 68.9 cm³/mol. The molecule has 0 bridgehead atoms. The number of fused-ring (bicyclic) bond motifs is 1. The Morgan fingerprint density at radius 3 is 2.88 bits per heavy atom. The van der Waals surface area contributed by atoms with Crippen LogP contribution in [0.2, 0.25) is 0 Å². The minimum absolute atomic E-state index is 0.679. The number of rotatable bonds is 1. The second-order valence-electron chi connectivity index (χ2n) is 3.98. The Bertz CT molecular complexity index is 678. The van der Waals surface area contributed by atoms with E-state index in [-0.39, 0.29) is 0 Å². The fraction of sp³-hybridized carbons (Fsp3) is 0.182. The monoisotopic (exact) mass is 245 g/mol. The van der Waals surface area contributed by atoms with Crippen LogP contribution >= 0.6 is 11.5 Å². The molecule has 0 radical (unpaired) electrons. The van der Waals surface area contributed by atoms with Gasteiger partial charge in [0.25, 0.3) is 0 Å². The molecule has 0 amide bonds. The lowest BCUT2D eigenvalue weighted by Gasteiger charge is -1.94. The number of nitrogen functional groups attached to an aromatic ring is 1. The maximum Gasteiger partial charge on any atom is 0.178 e. The van der Waals surface area contributed by atoms with E-state index in [4.69, 9.17) is 5.73 Å². The van der Waals surface area contributed by atoms with Crippen molar-refractivity contribution in [2.75, 3.05) is 5.73 Å². The van der Waals surface area contributed by atoms with Crippen molar-refractivity contribution in [2.45, 2.75) is 13.8 Å². The number of nitrogens with one attached hydrogen (secondary N) is 1. The van der Waals surface area contributed by atoms with Crippen molar-refractivity contribution in [3.63, 3.8) is 0 Å². The highest BCUT2D eigenvalue weighted by Gasteiger charge is 2.14. The highest BCUT2D eigenvalue weighted by molar-refractivity contribution is 7.10. The molecule has 0 aliphatic rings. The van der Waals surface area contributed by atoms with Crippen LogP contribution in [0.25, 0.3) is 22.6 Å². The molecule has 0 aliphatic heterocycles. The minimum atomic E-state index is 0.679. The minimum Gasteiger partial charge on any atom is -0.389 e. The van der Waals surface area contributed by atoms with Gasteiger partial charge in [-0.05, 0) is 37.0 Å². The Kier molecular flexibility index (Phi) is 2.12. The van der Waals surface area contributed by atoms with Crippen molar-refractivity contribution >= 4 is 27.7 Å². The van der Waals surface area contributed by atoms with Gasteiger partial charge in [-0.1, -0.05) is 0 Å². The topological polar surface area (TPSA) is 80.5 Å². The number of imidazole rings is 1. The Balaban J connectivity index is 2.25. The van der Waals surface area contributed by atoms with Gasteiger partial charge in [0, 0.05) is 6.20 Å². The molecule has 17 heavy (non-hydrogen) atoms. The number of anilines is 1. The quantitative estimate of drug-likeness (QED) is 0.689. The van der Waals surface area contributed by atoms with Crippen LogP contribution in [0.1, 0.15) is 11.3 Å². The van der Waals surface area contributed by atoms with Gasteiger partial charge in [0.1, 0.15) is 10.8 Å². The predicted octanol–water partition coefficient (Wildman–Crippen LogP) is 2.28. The molecule has 0 atom stereocenters. The molecule has 0 unspecified atom stereocenters. The summed E-state index contributed by atoms with van der Waals surface area (Å²) < 4.78 is 4.22. The molecule has 3 N–H and O–H groups in total. The third-order valence-electron chi connectivity index (χ3n) is 2.60. The largest absolute Gasteiger partial charge is 0.389 e. The normalized spacial score (nSPS) is 11.2. The summed E-state index contributed by atoms with van der Waals surface area (Å²) in [6, 6.07) is 2.02. The van der Waals surface area contributed by atoms with Gasteiger partial charge in [-0.15, -0.1) is 0 Å². The van der Waals surface area contributed by atoms with E-state index in [1.54, 1.807) is 6.20 Å². The van der Waals surface area contributed by atoms with Crippen LogP contribution in [0.5, 0.6) is 0 Å². The smallest absolute Gasteiger partial charge is 0.178 e. The number of pyridine rings is 1. The second-order valence-corrected chi connectivity index (χ2v) is 4.78. The molecule has 0 spiro atoms. The fourth-order valence-electron chi connectivity index (χ4n) is 1.80. The zero-order chi connectivity index (χ0) is 12.0. The lowest BCUT2D eigenvalue weighted by Crippen LogP contribution is -1.87. The van der Waals surface area contributed by atoms with Crippen molar-refractivity contribution in [3.05, 3.63) is 23.5 Å². The van der Waals surface area contributed by atoms with Gasteiger partial charge in [0.05, 0.1) is 16.8 Å². The summed E-state index contributed by atoms with van der Waals surface area (Å²) in [5.41, 5.74) is 10.4. The summed E-state index contributed by atoms with van der Waals surface area (Å²) in [5.74, 6) is 0.738. The van der Waals surface area contributed by atoms with Gasteiger partial charge in [0.15, 0.2) is 5.65 Å². The van der Waals surface area contributed by atoms with Gasteiger partial charge in [0.2, 0.25) is 0 Å². The Hall–Kier alpha value is -1.95. The molecule has 6 heteroatoms. The first-order valence-electron chi connectivity index (χ1n) is 5.19. The molecule has 0 aromatic carbocycles. The molecular weight excluding hydrogens is 234 g/mol. The fourth-order valence-corrected chi connectivity index (χ4v) is 2.46. The first-order chi connectivity index (χ1) is 8.15. The first-order valence-corrected chi connectivity index (χ1v) is 5.97. The van der Waals surface area contributed by atoms with Gasteiger partial charge in [-0.2, -0.15) is 4.37 Å². The molecule has 0 saturated carbocycles. The van der Waals surface area contributed by atoms with Gasteiger partial charge >= 0.3 is 0 Å². The number of H-pyrrole nitrogens is 1. The zero-order valence-corrected chi connectivity index (χ0v) is 10.3. The third kappa shape index (κ3) is 1.57. The highest BCUT2D eigenvalue weighted by atomic mass is 32.1. The summed E-state index contributed by atoms with van der Waals surface area (Å²) in [6.07, 6.45) is 1.80. The van der Waals surface area contributed by atoms with E-state index < -0.39 is 0 Å². The number of aryl methyl sites for hydroxylation is 2. The lowest BCUT2D eigenvalue weighted by atomic mass is 10.2. The van der Waals surface area contributed by atoms with Crippen LogP contribution < -0.4 is 5.73 Å². The Morgan fingerprint density at radius 2 is 2.18 bits per heavy atom. The average Bonchev–Trinajstić information content (AvgIpc) is 2.81. The SMILES string of the molecule is Cc1cnc2nc(-c3c(C)nsc3N)[nH]c2c1. The van der Waals surface area contributed by atoms with Gasteiger partial charge < -0.3 is 10.7 Å². The van der Waals surface area contributed by atoms with E-state index in [1.807, 2.05) is 19.9 Å². The van der Waals surface area contributed by atoms with Crippen LogP contribution in [0, 0.1) is 13.8 Å². The molecule has 3 heterocycles. The molecule has 5 nitrogen and oxygen atoms in total. The van der Waals surface area contributed by atoms with Crippen molar-refractivity contribution < 1.29 is 0 Å². The number of nitrogens with two attached hydrogens (primary N) is 1. The summed E-state index contributed by atoms with van der Waals surface area (Å²) in [5, 5.41) is 0.679. The molecule has 0 saturated heterocycles. The number of hydrogen-bond acceptors (Lipinski definition) is 5. The Morgan fingerprint density at radius 1 is 1.35 bits per heavy atom. The molecule has 0 fully saturated rings. The molecular formula is C11H11N5S. The molecule has 3 rings (SSSR count). The summed E-state index contributed by atoms with van der Waals surface area (Å²) in [7, 11) is 0. The van der Waals surface area contributed by atoms with Crippen LogP contribution in [0.4, 0.5) is 5.00 Å². The van der Waals surface area contributed by atoms with Crippen LogP contribution in [0.3, 0.4) is 0 Å². The number of aromatic amines is 1. The van der Waals surface area contributed by atoms with Crippen molar-refractivity contribution in [2.24, 2.45) is 0 Å². The number of nitrogens with zero attached hydrogens (tertiary/aromatic N) is 3. The standard InChI is InChI=1S/C11H11N5S/c1-5-3-7-10(13-4-5)15-11(14-7)8-6(2)16-17-9(8)12/h3-4H,12H2,1-2H3,(H,13,14,15). The van der Waals surface area contributed by atoms with Crippen molar-refractivity contribution in [1.82, 2.24) is 19.3 Å². The van der Waals surface area contributed by atoms with E-state index in [0.717, 1.165) is 28.2 Å². The third-order valence-corrected chi connectivity index (χ3v) is 3.37. The maximum absolute atomic E-state index is 5.90. The molecule has 3 aromatic heterocycles. The summed E-state index contributed by atoms with van der Waals surface area (Å²) in [4.78, 5) is 11.9. The van der Waals surface area contributed by atoms with Crippen molar-refractivity contribution in [1.29, 1.82) is 0 Å². The molecule has 0 aliphatic carbocycles. The van der Waals surface area contributed by atoms with Crippen LogP contribution in [0.15, 0.2) is 12.3 Å². The Labute approximate surface area is 102 Å². The van der Waals surface area contributed by atoms with Gasteiger partial charge in [-0.25, -0.2) is 9.97 Å². The lowest BCUT2D eigenvalue weighted by molar-refractivity contribution is 1.26. The van der Waals surface area contributed by atoms with E-state index in [2.05, 4.69) is 19.3 Å².